The molecule has 0 unspecified atom stereocenters. The van der Waals surface area contributed by atoms with Gasteiger partial charge in [0.1, 0.15) is 0 Å². The fraction of sp³-hybridized carbons (Fsp3) is 0.708. The molecule has 1 aliphatic heterocycles. The standard InChI is InChI=1S/C24H41N3O4S/c1-19(26-27-22-13-16-23(17-14-22)32(29,30)31)11-9-7-5-3-4-6-8-10-12-21-15-18-24(28)20(2)25-21/h13-14,16-17,20-21,24-25,27-28H,3-12,15,18H2,1-2H3,(H,29,30,31)/b26-19-/t20-,21+,24-/m1/s1. The van der Waals surface area contributed by atoms with Gasteiger partial charge < -0.3 is 10.4 Å². The molecule has 7 nitrogen and oxygen atoms in total. The van der Waals surface area contributed by atoms with Crippen molar-refractivity contribution in [1.82, 2.24) is 5.32 Å². The Morgan fingerprint density at radius 3 is 2.22 bits per heavy atom. The summed E-state index contributed by atoms with van der Waals surface area (Å²) in [5.41, 5.74) is 4.63. The number of rotatable bonds is 14. The number of aliphatic hydroxyl groups excluding tert-OH is 1. The lowest BCUT2D eigenvalue weighted by Gasteiger charge is -2.32. The van der Waals surface area contributed by atoms with Crippen LogP contribution >= 0.6 is 0 Å². The third kappa shape index (κ3) is 10.4. The molecular formula is C24H41N3O4S. The maximum Gasteiger partial charge on any atom is 0.294 e. The molecule has 0 aliphatic carbocycles. The highest BCUT2D eigenvalue weighted by Gasteiger charge is 2.24. The molecule has 1 aliphatic rings. The SMILES string of the molecule is C/C(CCCCCCCCCC[C@H]1CC[C@@H](O)[C@@H](C)N1)=N/Nc1ccc(S(=O)(=O)O)cc1. The Morgan fingerprint density at radius 1 is 1.03 bits per heavy atom. The lowest BCUT2D eigenvalue weighted by atomic mass is 9.93. The van der Waals surface area contributed by atoms with Crippen LogP contribution in [0.3, 0.4) is 0 Å². The minimum absolute atomic E-state index is 0.125. The number of unbranched alkanes of at least 4 members (excludes halogenated alkanes) is 7. The van der Waals surface area contributed by atoms with Crippen molar-refractivity contribution in [3.05, 3.63) is 24.3 Å². The molecule has 4 N–H and O–H groups in total. The maximum atomic E-state index is 11.0. The second-order valence-corrected chi connectivity index (χ2v) is 10.5. The molecule has 1 heterocycles. The number of nitrogens with one attached hydrogen (secondary N) is 2. The second kappa shape index (κ2) is 13.9. The highest BCUT2D eigenvalue weighted by Crippen LogP contribution is 2.19. The minimum Gasteiger partial charge on any atom is -0.392 e. The van der Waals surface area contributed by atoms with E-state index in [9.17, 15) is 13.5 Å². The van der Waals surface area contributed by atoms with E-state index in [0.717, 1.165) is 31.4 Å². The van der Waals surface area contributed by atoms with Gasteiger partial charge in [-0.05, 0) is 70.2 Å². The van der Waals surface area contributed by atoms with Gasteiger partial charge in [-0.3, -0.25) is 9.98 Å². The van der Waals surface area contributed by atoms with E-state index >= 15 is 0 Å². The average Bonchev–Trinajstić information content (AvgIpc) is 2.75. The summed E-state index contributed by atoms with van der Waals surface area (Å²) in [5, 5.41) is 17.6. The first kappa shape index (κ1) is 26.8. The Morgan fingerprint density at radius 2 is 1.62 bits per heavy atom. The third-order valence-electron chi connectivity index (χ3n) is 6.26. The van der Waals surface area contributed by atoms with Crippen LogP contribution in [0.25, 0.3) is 0 Å². The van der Waals surface area contributed by atoms with E-state index in [4.69, 9.17) is 4.55 Å². The fourth-order valence-corrected chi connectivity index (χ4v) is 4.65. The normalized spacial score (nSPS) is 22.1. The zero-order valence-corrected chi connectivity index (χ0v) is 20.4. The predicted octanol–water partition coefficient (Wildman–Crippen LogP) is 5.12. The van der Waals surface area contributed by atoms with Crippen molar-refractivity contribution in [2.75, 3.05) is 5.43 Å². The predicted molar refractivity (Wildman–Crippen MR) is 131 cm³/mol. The molecule has 1 aromatic rings. The molecule has 0 amide bonds. The topological polar surface area (TPSA) is 111 Å². The molecule has 1 saturated heterocycles. The second-order valence-electron chi connectivity index (χ2n) is 9.12. The monoisotopic (exact) mass is 467 g/mol. The molecule has 0 aromatic heterocycles. The summed E-state index contributed by atoms with van der Waals surface area (Å²) < 4.78 is 31.1. The summed E-state index contributed by atoms with van der Waals surface area (Å²) in [7, 11) is -4.16. The highest BCUT2D eigenvalue weighted by atomic mass is 32.2. The Hall–Kier alpha value is -1.48. The molecule has 2 rings (SSSR count). The molecular weight excluding hydrogens is 426 g/mol. The molecule has 1 fully saturated rings. The van der Waals surface area contributed by atoms with Crippen LogP contribution in [0.4, 0.5) is 5.69 Å². The fourth-order valence-electron chi connectivity index (χ4n) is 4.17. The maximum absolute atomic E-state index is 11.0. The quantitative estimate of drug-likeness (QED) is 0.131. The first-order valence-corrected chi connectivity index (χ1v) is 13.5. The summed E-state index contributed by atoms with van der Waals surface area (Å²) in [6, 6.07) is 6.68. The van der Waals surface area contributed by atoms with Gasteiger partial charge in [-0.2, -0.15) is 13.5 Å². The number of piperidine rings is 1. The van der Waals surface area contributed by atoms with Gasteiger partial charge >= 0.3 is 0 Å². The summed E-state index contributed by atoms with van der Waals surface area (Å²) in [6.07, 6.45) is 14.1. The van der Waals surface area contributed by atoms with E-state index in [2.05, 4.69) is 22.8 Å². The highest BCUT2D eigenvalue weighted by molar-refractivity contribution is 7.85. The molecule has 8 heteroatoms. The van der Waals surface area contributed by atoms with Crippen LogP contribution in [0, 0.1) is 0 Å². The average molecular weight is 468 g/mol. The van der Waals surface area contributed by atoms with Gasteiger partial charge in [0.15, 0.2) is 0 Å². The van der Waals surface area contributed by atoms with Crippen molar-refractivity contribution in [1.29, 1.82) is 0 Å². The van der Waals surface area contributed by atoms with Gasteiger partial charge in [0.2, 0.25) is 0 Å². The van der Waals surface area contributed by atoms with Crippen molar-refractivity contribution in [2.24, 2.45) is 5.10 Å². The Kier molecular flexibility index (Phi) is 11.7. The van der Waals surface area contributed by atoms with Crippen LogP contribution in [-0.2, 0) is 10.1 Å². The van der Waals surface area contributed by atoms with E-state index < -0.39 is 10.1 Å². The summed E-state index contributed by atoms with van der Waals surface area (Å²) in [4.78, 5) is -0.125. The van der Waals surface area contributed by atoms with Crippen LogP contribution < -0.4 is 10.7 Å². The van der Waals surface area contributed by atoms with Gasteiger partial charge in [0.25, 0.3) is 10.1 Å². The van der Waals surface area contributed by atoms with Gasteiger partial charge in [-0.15, -0.1) is 0 Å². The summed E-state index contributed by atoms with van der Waals surface area (Å²) in [5.74, 6) is 0. The van der Waals surface area contributed by atoms with Crippen LogP contribution in [0.5, 0.6) is 0 Å². The van der Waals surface area contributed by atoms with Crippen molar-refractivity contribution in [3.63, 3.8) is 0 Å². The molecule has 0 radical (unpaired) electrons. The number of nitrogens with zero attached hydrogens (tertiary/aromatic N) is 1. The van der Waals surface area contributed by atoms with E-state index in [-0.39, 0.29) is 17.0 Å². The molecule has 182 valence electrons. The molecule has 1 aromatic carbocycles. The van der Waals surface area contributed by atoms with Crippen LogP contribution in [0.1, 0.15) is 90.9 Å². The van der Waals surface area contributed by atoms with E-state index in [1.54, 1.807) is 12.1 Å². The van der Waals surface area contributed by atoms with Crippen molar-refractivity contribution in [2.45, 2.75) is 114 Å². The zero-order valence-electron chi connectivity index (χ0n) is 19.6. The summed E-state index contributed by atoms with van der Waals surface area (Å²) in [6.45, 7) is 4.07. The number of anilines is 1. The molecule has 0 bridgehead atoms. The number of hydrogen-bond donors (Lipinski definition) is 4. The van der Waals surface area contributed by atoms with E-state index in [1.165, 1.54) is 63.5 Å². The van der Waals surface area contributed by atoms with Gasteiger partial charge in [0, 0.05) is 17.8 Å². The first-order chi connectivity index (χ1) is 15.3. The number of benzene rings is 1. The van der Waals surface area contributed by atoms with Crippen molar-refractivity contribution in [3.8, 4) is 0 Å². The molecule has 32 heavy (non-hydrogen) atoms. The number of aliphatic hydroxyl groups is 1. The number of hydrazone groups is 1. The molecule has 3 atom stereocenters. The first-order valence-electron chi connectivity index (χ1n) is 12.1. The smallest absolute Gasteiger partial charge is 0.294 e. The van der Waals surface area contributed by atoms with Gasteiger partial charge in [-0.25, -0.2) is 0 Å². The molecule has 0 spiro atoms. The van der Waals surface area contributed by atoms with Crippen LogP contribution in [-0.4, -0.2) is 42.0 Å². The van der Waals surface area contributed by atoms with Crippen LogP contribution in [0.15, 0.2) is 34.3 Å². The van der Waals surface area contributed by atoms with E-state index in [1.807, 2.05) is 6.92 Å². The lowest BCUT2D eigenvalue weighted by molar-refractivity contribution is 0.0849. The van der Waals surface area contributed by atoms with Crippen molar-refractivity contribution >= 4 is 21.5 Å². The Balaban J connectivity index is 1.45. The Bertz CT molecular complexity index is 796. The van der Waals surface area contributed by atoms with E-state index in [0.29, 0.717) is 11.7 Å². The van der Waals surface area contributed by atoms with Crippen molar-refractivity contribution < 1.29 is 18.1 Å². The zero-order chi connectivity index (χ0) is 23.4. The molecule has 0 saturated carbocycles. The summed E-state index contributed by atoms with van der Waals surface area (Å²) >= 11 is 0. The van der Waals surface area contributed by atoms with Gasteiger partial charge in [0.05, 0.1) is 16.7 Å². The Labute approximate surface area is 193 Å². The van der Waals surface area contributed by atoms with Gasteiger partial charge in [-0.1, -0.05) is 44.9 Å². The largest absolute Gasteiger partial charge is 0.392 e. The third-order valence-corrected chi connectivity index (χ3v) is 7.12. The lowest BCUT2D eigenvalue weighted by Crippen LogP contribution is -2.48. The van der Waals surface area contributed by atoms with Crippen LogP contribution in [0.2, 0.25) is 0 Å². The number of hydrogen-bond acceptors (Lipinski definition) is 6. The minimum atomic E-state index is -4.16.